The first-order valence-corrected chi connectivity index (χ1v) is 12.3. The molecule has 4 rings (SSSR count). The molecule has 1 fully saturated rings. The van der Waals surface area contributed by atoms with E-state index in [-0.39, 0.29) is 24.5 Å². The lowest BCUT2D eigenvalue weighted by molar-refractivity contribution is -0.131. The van der Waals surface area contributed by atoms with Gasteiger partial charge in [0, 0.05) is 44.6 Å². The van der Waals surface area contributed by atoms with Gasteiger partial charge in [0.1, 0.15) is 5.75 Å². The van der Waals surface area contributed by atoms with Gasteiger partial charge < -0.3 is 14.5 Å². The van der Waals surface area contributed by atoms with Gasteiger partial charge in [0.05, 0.1) is 12.3 Å². The van der Waals surface area contributed by atoms with Crippen LogP contribution in [0.2, 0.25) is 0 Å². The Morgan fingerprint density at radius 1 is 0.914 bits per heavy atom. The number of piperazine rings is 1. The van der Waals surface area contributed by atoms with Crippen LogP contribution in [0.4, 0.5) is 5.95 Å². The van der Waals surface area contributed by atoms with Crippen molar-refractivity contribution in [3.8, 4) is 11.4 Å². The Kier molecular flexibility index (Phi) is 8.43. The van der Waals surface area contributed by atoms with E-state index in [9.17, 15) is 9.59 Å². The Bertz CT molecular complexity index is 1090. The molecule has 1 amide bonds. The SMILES string of the molecule is CCCCCOc1ccc(C(=O)CCC(=O)N2CCN(c3nnnn3-c3ccccc3)CC2)cc1. The smallest absolute Gasteiger partial charge is 0.250 e. The summed E-state index contributed by atoms with van der Waals surface area (Å²) in [6, 6.07) is 16.9. The number of Topliss-reactive ketones (excluding diaryl/α,β-unsaturated/α-hetero) is 1. The van der Waals surface area contributed by atoms with E-state index in [1.165, 1.54) is 0 Å². The van der Waals surface area contributed by atoms with Crippen molar-refractivity contribution in [3.63, 3.8) is 0 Å². The molecule has 1 aromatic heterocycles. The van der Waals surface area contributed by atoms with Crippen molar-refractivity contribution >= 4 is 17.6 Å². The standard InChI is InChI=1S/C26H32N6O3/c1-2-3-7-20-35-23-12-10-21(11-13-23)24(33)14-15-25(34)30-16-18-31(19-17-30)26-27-28-29-32(26)22-8-5-4-6-9-22/h4-6,8-13H,2-3,7,14-20H2,1H3. The number of rotatable bonds is 11. The molecule has 0 bridgehead atoms. The number of anilines is 1. The van der Waals surface area contributed by atoms with Gasteiger partial charge in [0.15, 0.2) is 5.78 Å². The molecule has 1 aliphatic heterocycles. The molecule has 1 aliphatic rings. The fourth-order valence-electron chi connectivity index (χ4n) is 4.07. The molecule has 0 aliphatic carbocycles. The maximum atomic E-state index is 12.7. The molecule has 0 atom stereocenters. The molecule has 3 aromatic rings. The summed E-state index contributed by atoms with van der Waals surface area (Å²) in [7, 11) is 0. The monoisotopic (exact) mass is 476 g/mol. The van der Waals surface area contributed by atoms with Gasteiger partial charge >= 0.3 is 0 Å². The van der Waals surface area contributed by atoms with Gasteiger partial charge in [-0.25, -0.2) is 0 Å². The Labute approximate surface area is 205 Å². The van der Waals surface area contributed by atoms with Crippen molar-refractivity contribution in [2.24, 2.45) is 0 Å². The van der Waals surface area contributed by atoms with E-state index in [1.807, 2.05) is 47.4 Å². The van der Waals surface area contributed by atoms with Crippen molar-refractivity contribution in [1.82, 2.24) is 25.1 Å². The van der Waals surface area contributed by atoms with E-state index in [2.05, 4.69) is 27.3 Å². The number of carbonyl (C=O) groups is 2. The van der Waals surface area contributed by atoms with Crippen molar-refractivity contribution in [3.05, 3.63) is 60.2 Å². The maximum Gasteiger partial charge on any atom is 0.250 e. The molecule has 1 saturated heterocycles. The Morgan fingerprint density at radius 2 is 1.66 bits per heavy atom. The number of para-hydroxylation sites is 1. The van der Waals surface area contributed by atoms with Crippen LogP contribution < -0.4 is 9.64 Å². The van der Waals surface area contributed by atoms with Gasteiger partial charge in [-0.2, -0.15) is 4.68 Å². The van der Waals surface area contributed by atoms with Crippen LogP contribution in [0.25, 0.3) is 5.69 Å². The van der Waals surface area contributed by atoms with Gasteiger partial charge in [0.25, 0.3) is 0 Å². The Balaban J connectivity index is 1.23. The number of amides is 1. The summed E-state index contributed by atoms with van der Waals surface area (Å²) in [5.41, 5.74) is 1.50. The highest BCUT2D eigenvalue weighted by Crippen LogP contribution is 2.18. The summed E-state index contributed by atoms with van der Waals surface area (Å²) in [5.74, 6) is 1.40. The van der Waals surface area contributed by atoms with Crippen LogP contribution in [0.3, 0.4) is 0 Å². The Hall–Kier alpha value is -3.75. The highest BCUT2D eigenvalue weighted by atomic mass is 16.5. The highest BCUT2D eigenvalue weighted by molar-refractivity contribution is 5.98. The molecule has 2 aromatic carbocycles. The van der Waals surface area contributed by atoms with E-state index in [1.54, 1.807) is 16.8 Å². The third-order valence-corrected chi connectivity index (χ3v) is 6.13. The zero-order valence-electron chi connectivity index (χ0n) is 20.2. The van der Waals surface area contributed by atoms with Gasteiger partial charge in [0.2, 0.25) is 11.9 Å². The largest absolute Gasteiger partial charge is 0.494 e. The zero-order chi connectivity index (χ0) is 24.5. The average molecular weight is 477 g/mol. The fourth-order valence-corrected chi connectivity index (χ4v) is 4.07. The lowest BCUT2D eigenvalue weighted by Crippen LogP contribution is -2.49. The van der Waals surface area contributed by atoms with Crippen molar-refractivity contribution in [1.29, 1.82) is 0 Å². The molecule has 35 heavy (non-hydrogen) atoms. The number of unbranched alkanes of at least 4 members (excludes halogenated alkanes) is 2. The topological polar surface area (TPSA) is 93.5 Å². The zero-order valence-corrected chi connectivity index (χ0v) is 20.2. The molecule has 0 saturated carbocycles. The lowest BCUT2D eigenvalue weighted by Gasteiger charge is -2.34. The first kappa shape index (κ1) is 24.4. The minimum absolute atomic E-state index is 0.00321. The fraction of sp³-hybridized carbons (Fsp3) is 0.423. The van der Waals surface area contributed by atoms with E-state index in [4.69, 9.17) is 4.74 Å². The third kappa shape index (κ3) is 6.44. The predicted octanol–water partition coefficient (Wildman–Crippen LogP) is 3.54. The van der Waals surface area contributed by atoms with E-state index < -0.39 is 0 Å². The highest BCUT2D eigenvalue weighted by Gasteiger charge is 2.25. The number of nitrogens with zero attached hydrogens (tertiary/aromatic N) is 6. The molecule has 9 nitrogen and oxygen atoms in total. The van der Waals surface area contributed by atoms with E-state index in [0.717, 1.165) is 30.7 Å². The molecule has 9 heteroatoms. The summed E-state index contributed by atoms with van der Waals surface area (Å²) in [6.07, 6.45) is 3.72. The average Bonchev–Trinajstić information content (AvgIpc) is 3.41. The quantitative estimate of drug-likeness (QED) is 0.309. The van der Waals surface area contributed by atoms with Gasteiger partial charge in [-0.3, -0.25) is 9.59 Å². The minimum atomic E-state index is -0.0310. The first-order valence-electron chi connectivity index (χ1n) is 12.3. The third-order valence-electron chi connectivity index (χ3n) is 6.13. The number of aromatic nitrogens is 4. The summed E-state index contributed by atoms with van der Waals surface area (Å²) in [4.78, 5) is 29.2. The second-order valence-electron chi connectivity index (χ2n) is 8.60. The number of carbonyl (C=O) groups excluding carboxylic acids is 2. The summed E-state index contributed by atoms with van der Waals surface area (Å²) in [5, 5.41) is 12.1. The van der Waals surface area contributed by atoms with Crippen molar-refractivity contribution < 1.29 is 14.3 Å². The summed E-state index contributed by atoms with van der Waals surface area (Å²) in [6.45, 7) is 5.24. The molecule has 0 N–H and O–H groups in total. The van der Waals surface area contributed by atoms with Crippen molar-refractivity contribution in [2.45, 2.75) is 39.0 Å². The van der Waals surface area contributed by atoms with Gasteiger partial charge in [-0.05, 0) is 53.2 Å². The molecule has 0 radical (unpaired) electrons. The molecular weight excluding hydrogens is 444 g/mol. The number of hydrogen-bond acceptors (Lipinski definition) is 7. The van der Waals surface area contributed by atoms with Gasteiger partial charge in [-0.15, -0.1) is 0 Å². The second kappa shape index (κ2) is 12.1. The number of benzene rings is 2. The number of ether oxygens (including phenoxy) is 1. The molecule has 0 spiro atoms. The minimum Gasteiger partial charge on any atom is -0.494 e. The predicted molar refractivity (Wildman–Crippen MR) is 133 cm³/mol. The molecule has 2 heterocycles. The molecule has 184 valence electrons. The van der Waals surface area contributed by atoms with Crippen LogP contribution in [-0.4, -0.2) is 69.6 Å². The van der Waals surface area contributed by atoms with Crippen LogP contribution in [-0.2, 0) is 4.79 Å². The summed E-state index contributed by atoms with van der Waals surface area (Å²) >= 11 is 0. The lowest BCUT2D eigenvalue weighted by atomic mass is 10.1. The van der Waals surface area contributed by atoms with E-state index >= 15 is 0 Å². The van der Waals surface area contributed by atoms with Crippen LogP contribution in [0, 0.1) is 0 Å². The van der Waals surface area contributed by atoms with Crippen molar-refractivity contribution in [2.75, 3.05) is 37.7 Å². The summed E-state index contributed by atoms with van der Waals surface area (Å²) < 4.78 is 7.40. The van der Waals surface area contributed by atoms with Gasteiger partial charge in [-0.1, -0.05) is 43.1 Å². The normalized spacial score (nSPS) is 13.6. The van der Waals surface area contributed by atoms with E-state index in [0.29, 0.717) is 44.3 Å². The van der Waals surface area contributed by atoms with Crippen LogP contribution in [0.1, 0.15) is 49.4 Å². The molecular formula is C26H32N6O3. The number of ketones is 1. The van der Waals surface area contributed by atoms with Crippen LogP contribution in [0.15, 0.2) is 54.6 Å². The Morgan fingerprint density at radius 3 is 2.37 bits per heavy atom. The molecule has 0 unspecified atom stereocenters. The number of hydrogen-bond donors (Lipinski definition) is 0. The number of tetrazole rings is 1. The van der Waals surface area contributed by atoms with Crippen LogP contribution >= 0.6 is 0 Å². The second-order valence-corrected chi connectivity index (χ2v) is 8.60. The first-order chi connectivity index (χ1) is 17.2. The maximum absolute atomic E-state index is 12.7. The van der Waals surface area contributed by atoms with Crippen LogP contribution in [0.5, 0.6) is 5.75 Å².